The molecule has 7 rings (SSSR count). The van der Waals surface area contributed by atoms with E-state index in [1.165, 1.54) is 0 Å². The number of fused-ring (bicyclic) bond motifs is 5. The molecule has 0 aromatic carbocycles. The van der Waals surface area contributed by atoms with Crippen LogP contribution in [0.25, 0.3) is 0 Å². The Morgan fingerprint density at radius 2 is 1.85 bits per heavy atom. The van der Waals surface area contributed by atoms with Crippen molar-refractivity contribution in [1.82, 2.24) is 25.5 Å². The van der Waals surface area contributed by atoms with Gasteiger partial charge in [-0.05, 0) is 85.2 Å². The quantitative estimate of drug-likeness (QED) is 0.373. The molecule has 5 N–H and O–H groups in total. The van der Waals surface area contributed by atoms with Crippen LogP contribution in [0.2, 0.25) is 0 Å². The highest BCUT2D eigenvalue weighted by Crippen LogP contribution is 2.75. The second-order valence-electron chi connectivity index (χ2n) is 18.3. The number of nitrogens with two attached hydrogens (primary N) is 2. The Bertz CT molecular complexity index is 1420. The molecular weight excluding hydrogens is 578 g/mol. The fourth-order valence-corrected chi connectivity index (χ4v) is 12.4. The van der Waals surface area contributed by atoms with E-state index in [0.29, 0.717) is 37.6 Å². The highest BCUT2D eigenvalue weighted by atomic mass is 16.5. The lowest BCUT2D eigenvalue weighted by Gasteiger charge is -2.70. The van der Waals surface area contributed by atoms with E-state index in [0.717, 1.165) is 38.5 Å². The normalized spacial score (nSPS) is 47.7. The molecule has 1 aromatic heterocycles. The van der Waals surface area contributed by atoms with Crippen LogP contribution in [0.4, 0.5) is 5.95 Å². The third-order valence-electron chi connectivity index (χ3n) is 15.4. The van der Waals surface area contributed by atoms with Crippen LogP contribution in [0, 0.1) is 56.7 Å². The number of carbonyl (C=O) groups excluding carboxylic acids is 1. The number of rotatable bonds is 6. The number of nitrogens with zero attached hydrogens (tertiary/aromatic N) is 4. The summed E-state index contributed by atoms with van der Waals surface area (Å²) in [7, 11) is 0. The first-order valence-electron chi connectivity index (χ1n) is 18.0. The maximum absolute atomic E-state index is 13.9. The molecule has 12 atom stereocenters. The van der Waals surface area contributed by atoms with Gasteiger partial charge >= 0.3 is 0 Å². The molecule has 4 aliphatic carbocycles. The number of tetrazole rings is 1. The Hall–Kier alpha value is -2.04. The summed E-state index contributed by atoms with van der Waals surface area (Å²) in [5.41, 5.74) is 13.3. The lowest BCUT2D eigenvalue weighted by Crippen LogP contribution is -2.69. The molecule has 1 aromatic rings. The van der Waals surface area contributed by atoms with Crippen molar-refractivity contribution in [3.63, 3.8) is 0 Å². The van der Waals surface area contributed by atoms with Gasteiger partial charge in [0.05, 0.1) is 31.8 Å². The molecule has 0 spiro atoms. The van der Waals surface area contributed by atoms with Gasteiger partial charge in [0.15, 0.2) is 0 Å². The third kappa shape index (κ3) is 4.10. The van der Waals surface area contributed by atoms with Gasteiger partial charge in [-0.25, -0.2) is 0 Å². The molecule has 6 aliphatic rings. The minimum Gasteiger partial charge on any atom is -0.380 e. The van der Waals surface area contributed by atoms with Crippen molar-refractivity contribution in [2.45, 2.75) is 125 Å². The molecule has 5 fully saturated rings. The van der Waals surface area contributed by atoms with E-state index < -0.39 is 5.54 Å². The molecule has 256 valence electrons. The average Bonchev–Trinajstić information content (AvgIpc) is 3.53. The molecule has 0 unspecified atom stereocenters. The molecule has 3 heterocycles. The minimum absolute atomic E-state index is 0.00937. The zero-order valence-corrected chi connectivity index (χ0v) is 29.7. The van der Waals surface area contributed by atoms with Crippen molar-refractivity contribution in [3.8, 4) is 0 Å². The number of carbonyl (C=O) groups is 1. The molecule has 46 heavy (non-hydrogen) atoms. The Balaban J connectivity index is 1.31. The van der Waals surface area contributed by atoms with Crippen LogP contribution in [-0.2, 0) is 14.3 Å². The number of hydrogen-bond acceptors (Lipinski definition) is 8. The standard InChI is InChI=1S/C36H59N7O3/c1-20(2)27-31(5)14-15-33(7)22-10-11-25-32(6)17-45-19-36(25,23(22)12-13-34(33,8)26(31)29(44)39-27)16-24(43-41-30(37)40-42-43)28(32)46-18-35(9,38)21(3)4/h12,20-22,24-28H,10-11,13-19,38H2,1-9H3,(H2,37,41)(H,39,44)/t22-,24+,25-,26+,27+,28-,31-,32-,33+,34-,35+,36-/m0/s1. The molecule has 10 heteroatoms. The molecule has 2 aliphatic heterocycles. The van der Waals surface area contributed by atoms with Gasteiger partial charge in [-0.3, -0.25) is 4.79 Å². The summed E-state index contributed by atoms with van der Waals surface area (Å²) in [4.78, 5) is 15.7. The van der Waals surface area contributed by atoms with Crippen LogP contribution in [0.3, 0.4) is 0 Å². The van der Waals surface area contributed by atoms with Crippen LogP contribution in [0.5, 0.6) is 0 Å². The second-order valence-corrected chi connectivity index (χ2v) is 18.3. The van der Waals surface area contributed by atoms with Gasteiger partial charge in [0.2, 0.25) is 5.91 Å². The van der Waals surface area contributed by atoms with Crippen LogP contribution in [-0.4, -0.2) is 63.6 Å². The predicted molar refractivity (Wildman–Crippen MR) is 177 cm³/mol. The van der Waals surface area contributed by atoms with E-state index in [1.807, 2.05) is 0 Å². The first-order valence-corrected chi connectivity index (χ1v) is 18.0. The van der Waals surface area contributed by atoms with Crippen molar-refractivity contribution in [1.29, 1.82) is 0 Å². The maximum atomic E-state index is 13.9. The van der Waals surface area contributed by atoms with E-state index in [9.17, 15) is 4.79 Å². The van der Waals surface area contributed by atoms with Crippen LogP contribution >= 0.6 is 0 Å². The number of aromatic nitrogens is 4. The highest BCUT2D eigenvalue weighted by molar-refractivity contribution is 5.84. The number of amides is 1. The summed E-state index contributed by atoms with van der Waals surface area (Å²) < 4.78 is 13.6. The van der Waals surface area contributed by atoms with Gasteiger partial charge in [-0.2, -0.15) is 4.80 Å². The van der Waals surface area contributed by atoms with Crippen LogP contribution in [0.1, 0.15) is 107 Å². The lowest BCUT2D eigenvalue weighted by molar-refractivity contribution is -0.252. The van der Waals surface area contributed by atoms with E-state index in [1.54, 1.807) is 10.4 Å². The first-order chi connectivity index (χ1) is 21.4. The van der Waals surface area contributed by atoms with Crippen molar-refractivity contribution in [2.75, 3.05) is 25.6 Å². The van der Waals surface area contributed by atoms with Crippen LogP contribution in [0.15, 0.2) is 11.6 Å². The zero-order chi connectivity index (χ0) is 33.2. The van der Waals surface area contributed by atoms with Crippen molar-refractivity contribution in [2.24, 2.45) is 62.4 Å². The van der Waals surface area contributed by atoms with E-state index in [4.69, 9.17) is 20.9 Å². The van der Waals surface area contributed by atoms with Crippen molar-refractivity contribution >= 4 is 11.9 Å². The highest BCUT2D eigenvalue weighted by Gasteiger charge is 2.73. The Labute approximate surface area is 275 Å². The Kier molecular flexibility index (Phi) is 7.23. The lowest BCUT2D eigenvalue weighted by atomic mass is 9.35. The maximum Gasteiger partial charge on any atom is 0.260 e. The van der Waals surface area contributed by atoms with E-state index >= 15 is 0 Å². The summed E-state index contributed by atoms with van der Waals surface area (Å²) in [6.07, 6.45) is 8.55. The van der Waals surface area contributed by atoms with Gasteiger partial charge in [-0.15, -0.1) is 5.10 Å². The van der Waals surface area contributed by atoms with Gasteiger partial charge in [0.25, 0.3) is 5.95 Å². The molecule has 3 saturated carbocycles. The number of hydrogen-bond donors (Lipinski definition) is 3. The Morgan fingerprint density at radius 1 is 1.11 bits per heavy atom. The molecule has 2 saturated heterocycles. The second kappa shape index (κ2) is 10.2. The van der Waals surface area contributed by atoms with Gasteiger partial charge < -0.3 is 26.3 Å². The van der Waals surface area contributed by atoms with Crippen molar-refractivity contribution < 1.29 is 14.3 Å². The summed E-state index contributed by atoms with van der Waals surface area (Å²) >= 11 is 0. The van der Waals surface area contributed by atoms with Crippen LogP contribution < -0.4 is 16.8 Å². The minimum atomic E-state index is -0.473. The molecular formula is C36H59N7O3. The monoisotopic (exact) mass is 637 g/mol. The topological polar surface area (TPSA) is 143 Å². The summed E-state index contributed by atoms with van der Waals surface area (Å²) in [5.74, 6) is 1.92. The smallest absolute Gasteiger partial charge is 0.260 e. The Morgan fingerprint density at radius 3 is 2.50 bits per heavy atom. The third-order valence-corrected chi connectivity index (χ3v) is 15.4. The van der Waals surface area contributed by atoms with Gasteiger partial charge in [0.1, 0.15) is 6.04 Å². The fourth-order valence-electron chi connectivity index (χ4n) is 12.4. The molecule has 10 nitrogen and oxygen atoms in total. The number of ether oxygens (including phenoxy) is 2. The first kappa shape index (κ1) is 32.5. The number of nitrogens with one attached hydrogen (secondary N) is 1. The number of anilines is 1. The zero-order valence-electron chi connectivity index (χ0n) is 29.7. The predicted octanol–water partition coefficient (Wildman–Crippen LogP) is 4.92. The van der Waals surface area contributed by atoms with E-state index in [-0.39, 0.29) is 69.0 Å². The SMILES string of the molecule is CC(C)[C@H]1NC(=O)[C@@H]2[C@]1(C)CC[C@]1(C)[C@H]3CC[C@@H]4[C@@]5(COC[C@]4(C)[C@@H](OC[C@@](C)(N)C(C)C)[C@H](n4nnc(N)n4)C5)C3=CC[C@@]21C. The van der Waals surface area contributed by atoms with Gasteiger partial charge in [-0.1, -0.05) is 72.1 Å². The average molecular weight is 638 g/mol. The largest absolute Gasteiger partial charge is 0.380 e. The summed E-state index contributed by atoms with van der Waals surface area (Å²) in [6.45, 7) is 22.4. The van der Waals surface area contributed by atoms with E-state index in [2.05, 4.69) is 89.1 Å². The number of allylic oxidation sites excluding steroid dienone is 1. The summed E-state index contributed by atoms with van der Waals surface area (Å²) in [6, 6.07) is 0.0731. The van der Waals surface area contributed by atoms with Crippen molar-refractivity contribution in [3.05, 3.63) is 11.6 Å². The molecule has 2 bridgehead atoms. The molecule has 1 amide bonds. The number of nitrogen functional groups attached to an aromatic ring is 1. The van der Waals surface area contributed by atoms with Gasteiger partial charge in [0, 0.05) is 27.8 Å². The molecule has 0 radical (unpaired) electrons. The summed E-state index contributed by atoms with van der Waals surface area (Å²) in [5, 5.41) is 16.6. The fraction of sp³-hybridized carbons (Fsp3) is 0.889.